The Morgan fingerprint density at radius 1 is 1.36 bits per heavy atom. The maximum absolute atomic E-state index is 10.8. The van der Waals surface area contributed by atoms with Crippen molar-refractivity contribution >= 4 is 23.4 Å². The summed E-state index contributed by atoms with van der Waals surface area (Å²) >= 11 is 4.91. The lowest BCUT2D eigenvalue weighted by Gasteiger charge is -2.22. The molecule has 0 heterocycles. The van der Waals surface area contributed by atoms with E-state index >= 15 is 0 Å². The van der Waals surface area contributed by atoms with Crippen molar-refractivity contribution in [1.82, 2.24) is 16.2 Å². The predicted molar refractivity (Wildman–Crippen MR) is 58.8 cm³/mol. The summed E-state index contributed by atoms with van der Waals surface area (Å²) in [6.45, 7) is 7.94. The predicted octanol–water partition coefficient (Wildman–Crippen LogP) is 0.910. The van der Waals surface area contributed by atoms with Crippen LogP contribution in [0.2, 0.25) is 0 Å². The van der Waals surface area contributed by atoms with E-state index in [4.69, 9.17) is 12.2 Å². The van der Waals surface area contributed by atoms with Gasteiger partial charge in [-0.1, -0.05) is 0 Å². The van der Waals surface area contributed by atoms with Crippen LogP contribution in [0.15, 0.2) is 0 Å². The number of carbonyl (C=O) groups excluding carboxylic acids is 1. The first-order valence-corrected chi connectivity index (χ1v) is 4.77. The van der Waals surface area contributed by atoms with Gasteiger partial charge in [-0.05, 0) is 39.9 Å². The van der Waals surface area contributed by atoms with Gasteiger partial charge in [-0.25, -0.2) is 10.2 Å². The van der Waals surface area contributed by atoms with Gasteiger partial charge in [0.05, 0.1) is 6.61 Å². The molecule has 1 amide bonds. The summed E-state index contributed by atoms with van der Waals surface area (Å²) in [4.78, 5) is 10.8. The van der Waals surface area contributed by atoms with Crippen LogP contribution in [0.1, 0.15) is 27.7 Å². The van der Waals surface area contributed by atoms with Crippen molar-refractivity contribution in [3.05, 3.63) is 0 Å². The van der Waals surface area contributed by atoms with E-state index in [9.17, 15) is 4.79 Å². The maximum atomic E-state index is 10.8. The van der Waals surface area contributed by atoms with E-state index in [1.807, 2.05) is 20.8 Å². The van der Waals surface area contributed by atoms with Crippen molar-refractivity contribution in [2.24, 2.45) is 0 Å². The van der Waals surface area contributed by atoms with Crippen molar-refractivity contribution < 1.29 is 9.53 Å². The monoisotopic (exact) mass is 219 g/mol. The summed E-state index contributed by atoms with van der Waals surface area (Å²) in [5.41, 5.74) is 4.67. The van der Waals surface area contributed by atoms with Crippen LogP contribution in [0.5, 0.6) is 0 Å². The molecule has 0 aromatic carbocycles. The van der Waals surface area contributed by atoms with E-state index < -0.39 is 6.09 Å². The lowest BCUT2D eigenvalue weighted by atomic mass is 10.1. The Morgan fingerprint density at radius 3 is 2.36 bits per heavy atom. The van der Waals surface area contributed by atoms with Crippen LogP contribution in [-0.4, -0.2) is 23.4 Å². The fraction of sp³-hybridized carbons (Fsp3) is 0.750. The topological polar surface area (TPSA) is 62.4 Å². The van der Waals surface area contributed by atoms with Crippen molar-refractivity contribution in [2.75, 3.05) is 6.61 Å². The standard InChI is InChI=1S/C8H17N3O2S/c1-5-13-7(12)11-10-6(14)9-8(2,3)4/h5H2,1-4H3,(H,11,12)(H2,9,10,14). The Balaban J connectivity index is 3.70. The van der Waals surface area contributed by atoms with Crippen LogP contribution in [0.4, 0.5) is 4.79 Å². The smallest absolute Gasteiger partial charge is 0.425 e. The van der Waals surface area contributed by atoms with E-state index in [0.29, 0.717) is 11.7 Å². The first kappa shape index (κ1) is 13.0. The van der Waals surface area contributed by atoms with Crippen molar-refractivity contribution in [1.29, 1.82) is 0 Å². The minimum absolute atomic E-state index is 0.138. The van der Waals surface area contributed by atoms with Crippen LogP contribution in [0.3, 0.4) is 0 Å². The van der Waals surface area contributed by atoms with Gasteiger partial charge in [-0.3, -0.25) is 5.43 Å². The molecule has 0 rings (SSSR count). The number of nitrogens with one attached hydrogen (secondary N) is 3. The SMILES string of the molecule is CCOC(=O)NNC(=S)NC(C)(C)C. The van der Waals surface area contributed by atoms with Crippen molar-refractivity contribution in [3.8, 4) is 0 Å². The Hall–Kier alpha value is -1.04. The summed E-state index contributed by atoms with van der Waals surface area (Å²) in [6.07, 6.45) is -0.550. The lowest BCUT2D eigenvalue weighted by molar-refractivity contribution is 0.150. The van der Waals surface area contributed by atoms with Crippen LogP contribution in [0, 0.1) is 0 Å². The average molecular weight is 219 g/mol. The molecule has 0 aromatic heterocycles. The number of thiocarbonyl (C=S) groups is 1. The highest BCUT2D eigenvalue weighted by molar-refractivity contribution is 7.80. The molecule has 0 saturated carbocycles. The van der Waals surface area contributed by atoms with Gasteiger partial charge in [0.2, 0.25) is 0 Å². The molecule has 14 heavy (non-hydrogen) atoms. The zero-order valence-corrected chi connectivity index (χ0v) is 9.75. The second-order valence-corrected chi connectivity index (χ2v) is 4.08. The number of rotatable bonds is 1. The second-order valence-electron chi connectivity index (χ2n) is 3.67. The molecule has 0 aliphatic heterocycles. The largest absolute Gasteiger partial charge is 0.449 e. The highest BCUT2D eigenvalue weighted by Crippen LogP contribution is 1.96. The minimum atomic E-state index is -0.550. The third-order valence-corrected chi connectivity index (χ3v) is 1.25. The molecule has 0 aliphatic carbocycles. The van der Waals surface area contributed by atoms with Crippen LogP contribution >= 0.6 is 12.2 Å². The van der Waals surface area contributed by atoms with Gasteiger partial charge in [0, 0.05) is 5.54 Å². The number of hydrogen-bond acceptors (Lipinski definition) is 3. The summed E-state index contributed by atoms with van der Waals surface area (Å²) in [5.74, 6) is 0. The average Bonchev–Trinajstić information content (AvgIpc) is 1.98. The van der Waals surface area contributed by atoms with Gasteiger partial charge < -0.3 is 10.1 Å². The Bertz CT molecular complexity index is 213. The van der Waals surface area contributed by atoms with E-state index in [2.05, 4.69) is 20.9 Å². The number of carbonyl (C=O) groups is 1. The molecule has 0 fully saturated rings. The normalized spacial score (nSPS) is 10.3. The summed E-state index contributed by atoms with van der Waals surface area (Å²) in [7, 11) is 0. The molecule has 0 spiro atoms. The van der Waals surface area contributed by atoms with Crippen molar-refractivity contribution in [2.45, 2.75) is 33.2 Å². The lowest BCUT2D eigenvalue weighted by Crippen LogP contribution is -2.52. The quantitative estimate of drug-likeness (QED) is 0.452. The van der Waals surface area contributed by atoms with Crippen LogP contribution in [0.25, 0.3) is 0 Å². The molecular formula is C8H17N3O2S. The van der Waals surface area contributed by atoms with Gasteiger partial charge >= 0.3 is 6.09 Å². The first-order chi connectivity index (χ1) is 6.35. The van der Waals surface area contributed by atoms with E-state index in [-0.39, 0.29) is 5.54 Å². The number of hydrazine groups is 1. The maximum Gasteiger partial charge on any atom is 0.425 e. The van der Waals surface area contributed by atoms with Gasteiger partial charge in [0.15, 0.2) is 5.11 Å². The number of hydrogen-bond donors (Lipinski definition) is 3. The molecule has 0 radical (unpaired) electrons. The van der Waals surface area contributed by atoms with E-state index in [1.165, 1.54) is 0 Å². The van der Waals surface area contributed by atoms with Crippen LogP contribution in [-0.2, 0) is 4.74 Å². The number of ether oxygens (including phenoxy) is 1. The summed E-state index contributed by atoms with van der Waals surface area (Å²) < 4.78 is 4.62. The molecule has 6 heteroatoms. The molecular weight excluding hydrogens is 202 g/mol. The molecule has 0 bridgehead atoms. The zero-order chi connectivity index (χ0) is 11.2. The molecule has 3 N–H and O–H groups in total. The Kier molecular flexibility index (Phi) is 5.22. The second kappa shape index (κ2) is 5.64. The Morgan fingerprint density at radius 2 is 1.93 bits per heavy atom. The third kappa shape index (κ3) is 7.60. The highest BCUT2D eigenvalue weighted by Gasteiger charge is 2.11. The fourth-order valence-electron chi connectivity index (χ4n) is 0.647. The fourth-order valence-corrected chi connectivity index (χ4v) is 1.00. The van der Waals surface area contributed by atoms with Gasteiger partial charge in [-0.15, -0.1) is 0 Å². The molecule has 82 valence electrons. The summed E-state index contributed by atoms with van der Waals surface area (Å²) in [5, 5.41) is 3.32. The van der Waals surface area contributed by atoms with Gasteiger partial charge in [0.1, 0.15) is 0 Å². The molecule has 0 aliphatic rings. The third-order valence-electron chi connectivity index (χ3n) is 1.04. The highest BCUT2D eigenvalue weighted by atomic mass is 32.1. The van der Waals surface area contributed by atoms with Crippen LogP contribution < -0.4 is 16.2 Å². The van der Waals surface area contributed by atoms with Crippen molar-refractivity contribution in [3.63, 3.8) is 0 Å². The first-order valence-electron chi connectivity index (χ1n) is 4.36. The van der Waals surface area contributed by atoms with E-state index in [0.717, 1.165) is 0 Å². The molecule has 5 nitrogen and oxygen atoms in total. The molecule has 0 atom stereocenters. The van der Waals surface area contributed by atoms with Gasteiger partial charge in [0.25, 0.3) is 0 Å². The Labute approximate surface area is 89.5 Å². The van der Waals surface area contributed by atoms with Gasteiger partial charge in [-0.2, -0.15) is 0 Å². The molecule has 0 saturated heterocycles. The summed E-state index contributed by atoms with van der Waals surface area (Å²) in [6, 6.07) is 0. The number of amides is 1. The zero-order valence-electron chi connectivity index (χ0n) is 8.93. The van der Waals surface area contributed by atoms with E-state index in [1.54, 1.807) is 6.92 Å². The minimum Gasteiger partial charge on any atom is -0.449 e. The molecule has 0 aromatic rings. The molecule has 0 unspecified atom stereocenters.